The van der Waals surface area contributed by atoms with E-state index in [2.05, 4.69) is 15.4 Å². The average molecular weight is 328 g/mol. The first-order chi connectivity index (χ1) is 11.5. The van der Waals surface area contributed by atoms with E-state index < -0.39 is 11.9 Å². The number of halogens is 1. The zero-order chi connectivity index (χ0) is 17.1. The lowest BCUT2D eigenvalue weighted by atomic mass is 9.92. The first kappa shape index (κ1) is 16.0. The van der Waals surface area contributed by atoms with Crippen LogP contribution in [0.3, 0.4) is 0 Å². The molecule has 0 fully saturated rings. The van der Waals surface area contributed by atoms with Gasteiger partial charge in [-0.15, -0.1) is 5.10 Å². The summed E-state index contributed by atoms with van der Waals surface area (Å²) in [7, 11) is 0. The first-order valence-electron chi connectivity index (χ1n) is 7.68. The third-order valence-corrected chi connectivity index (χ3v) is 3.92. The minimum Gasteiger partial charge on any atom is -0.339 e. The molecule has 1 amide bonds. The molecule has 1 heterocycles. The normalized spacial score (nSPS) is 20.2. The Morgan fingerprint density at radius 1 is 1.42 bits per heavy atom. The van der Waals surface area contributed by atoms with Crippen molar-refractivity contribution in [2.45, 2.75) is 25.9 Å². The van der Waals surface area contributed by atoms with E-state index in [0.717, 1.165) is 0 Å². The largest absolute Gasteiger partial charge is 0.339 e. The van der Waals surface area contributed by atoms with E-state index in [9.17, 15) is 14.0 Å². The van der Waals surface area contributed by atoms with Gasteiger partial charge in [-0.3, -0.25) is 9.59 Å². The minimum absolute atomic E-state index is 0.0309. The molecular weight excluding hydrogens is 311 g/mol. The van der Waals surface area contributed by atoms with Crippen molar-refractivity contribution in [3.8, 4) is 0 Å². The number of ketones is 1. The molecule has 0 bridgehead atoms. The predicted molar refractivity (Wildman–Crippen MR) is 84.7 cm³/mol. The van der Waals surface area contributed by atoms with Gasteiger partial charge in [0.05, 0.1) is 12.6 Å². The van der Waals surface area contributed by atoms with Crippen LogP contribution in [0.5, 0.6) is 0 Å². The fourth-order valence-electron chi connectivity index (χ4n) is 2.58. The Labute approximate surface area is 138 Å². The van der Waals surface area contributed by atoms with Crippen LogP contribution in [0, 0.1) is 11.7 Å². The second kappa shape index (κ2) is 6.74. The van der Waals surface area contributed by atoms with E-state index in [0.29, 0.717) is 12.0 Å². The van der Waals surface area contributed by atoms with Crippen molar-refractivity contribution >= 4 is 11.7 Å². The first-order valence-corrected chi connectivity index (χ1v) is 7.68. The zero-order valence-electron chi connectivity index (χ0n) is 13.1. The molecule has 0 saturated carbocycles. The highest BCUT2D eigenvalue weighted by Crippen LogP contribution is 2.14. The van der Waals surface area contributed by atoms with Gasteiger partial charge < -0.3 is 5.32 Å². The molecule has 2 atom stereocenters. The number of rotatable bonds is 4. The summed E-state index contributed by atoms with van der Waals surface area (Å²) in [5, 5.41) is 6.71. The second-order valence-corrected chi connectivity index (χ2v) is 5.74. The Bertz CT molecular complexity index is 799. The molecule has 1 aromatic carbocycles. The lowest BCUT2D eigenvalue weighted by Gasteiger charge is -2.21. The third kappa shape index (κ3) is 3.40. The number of carbonyl (C=O) groups is 2. The summed E-state index contributed by atoms with van der Waals surface area (Å²) in [4.78, 5) is 28.2. The van der Waals surface area contributed by atoms with E-state index in [1.807, 2.05) is 12.2 Å². The van der Waals surface area contributed by atoms with Crippen LogP contribution in [0.25, 0.3) is 0 Å². The van der Waals surface area contributed by atoms with Gasteiger partial charge in [0.1, 0.15) is 12.1 Å². The Hall–Kier alpha value is -2.83. The molecule has 1 aromatic heterocycles. The van der Waals surface area contributed by atoms with Gasteiger partial charge in [-0.25, -0.2) is 14.1 Å². The molecule has 0 saturated heterocycles. The molecule has 0 radical (unpaired) electrons. The molecule has 0 aliphatic heterocycles. The van der Waals surface area contributed by atoms with Gasteiger partial charge in [-0.2, -0.15) is 0 Å². The van der Waals surface area contributed by atoms with E-state index in [4.69, 9.17) is 0 Å². The number of Topliss-reactive ketones (excluding diaryl/α,β-unsaturated/α-hetero) is 1. The van der Waals surface area contributed by atoms with Crippen LogP contribution in [0.1, 0.15) is 29.5 Å². The van der Waals surface area contributed by atoms with Crippen LogP contribution in [0.4, 0.5) is 4.39 Å². The SMILES string of the molecule is CC1C=CCC(NC(=O)c2ncn(Cc3ccccc3F)n2)C1=O. The molecule has 2 unspecified atom stereocenters. The molecule has 0 spiro atoms. The molecular formula is C17H17FN4O2. The van der Waals surface area contributed by atoms with Crippen molar-refractivity contribution in [3.63, 3.8) is 0 Å². The van der Waals surface area contributed by atoms with Crippen LogP contribution in [0.2, 0.25) is 0 Å². The lowest BCUT2D eigenvalue weighted by Crippen LogP contribution is -2.44. The standard InChI is InChI=1S/C17H17FN4O2/c1-11-5-4-8-14(15(11)23)20-17(24)16-19-10-22(21-16)9-12-6-2-3-7-13(12)18/h2-7,10-11,14H,8-9H2,1H3,(H,20,24). The highest BCUT2D eigenvalue weighted by molar-refractivity contribution is 5.96. The number of hydrogen-bond donors (Lipinski definition) is 1. The maximum atomic E-state index is 13.6. The number of carbonyl (C=O) groups excluding carboxylic acids is 2. The van der Waals surface area contributed by atoms with Crippen molar-refractivity contribution in [1.82, 2.24) is 20.1 Å². The Balaban J connectivity index is 1.67. The summed E-state index contributed by atoms with van der Waals surface area (Å²) in [6.07, 6.45) is 5.53. The van der Waals surface area contributed by atoms with Crippen molar-refractivity contribution in [1.29, 1.82) is 0 Å². The summed E-state index contributed by atoms with van der Waals surface area (Å²) >= 11 is 0. The van der Waals surface area contributed by atoms with Gasteiger partial charge in [-0.1, -0.05) is 37.3 Å². The van der Waals surface area contributed by atoms with Crippen LogP contribution in [0.15, 0.2) is 42.7 Å². The second-order valence-electron chi connectivity index (χ2n) is 5.74. The van der Waals surface area contributed by atoms with Gasteiger partial charge in [0.2, 0.25) is 5.82 Å². The smallest absolute Gasteiger partial charge is 0.291 e. The van der Waals surface area contributed by atoms with Crippen molar-refractivity contribution in [2.24, 2.45) is 5.92 Å². The van der Waals surface area contributed by atoms with E-state index >= 15 is 0 Å². The molecule has 2 aromatic rings. The van der Waals surface area contributed by atoms with E-state index in [-0.39, 0.29) is 29.9 Å². The summed E-state index contributed by atoms with van der Waals surface area (Å²) in [6, 6.07) is 5.78. The summed E-state index contributed by atoms with van der Waals surface area (Å²) in [5.74, 6) is -1.13. The molecule has 3 rings (SSSR count). The molecule has 24 heavy (non-hydrogen) atoms. The van der Waals surface area contributed by atoms with Gasteiger partial charge in [0.15, 0.2) is 5.78 Å². The van der Waals surface area contributed by atoms with Crippen LogP contribution in [-0.2, 0) is 11.3 Å². The predicted octanol–water partition coefficient (Wildman–Crippen LogP) is 1.73. The van der Waals surface area contributed by atoms with Gasteiger partial charge in [0.25, 0.3) is 5.91 Å². The number of nitrogens with zero attached hydrogens (tertiary/aromatic N) is 3. The summed E-state index contributed by atoms with van der Waals surface area (Å²) in [6.45, 7) is 1.97. The van der Waals surface area contributed by atoms with Crippen LogP contribution in [-0.4, -0.2) is 32.5 Å². The van der Waals surface area contributed by atoms with Gasteiger partial charge in [-0.05, 0) is 12.5 Å². The molecule has 6 nitrogen and oxygen atoms in total. The Kier molecular flexibility index (Phi) is 4.50. The zero-order valence-corrected chi connectivity index (χ0v) is 13.1. The lowest BCUT2D eigenvalue weighted by molar-refractivity contribution is -0.123. The minimum atomic E-state index is -0.559. The molecule has 1 aliphatic rings. The molecule has 1 N–H and O–H groups in total. The third-order valence-electron chi connectivity index (χ3n) is 3.92. The summed E-state index contributed by atoms with van der Waals surface area (Å²) < 4.78 is 15.0. The molecule has 7 heteroatoms. The fraction of sp³-hybridized carbons (Fsp3) is 0.294. The van der Waals surface area contributed by atoms with Crippen molar-refractivity contribution < 1.29 is 14.0 Å². The number of benzene rings is 1. The van der Waals surface area contributed by atoms with Crippen molar-refractivity contribution in [2.75, 3.05) is 0 Å². The summed E-state index contributed by atoms with van der Waals surface area (Å²) in [5.41, 5.74) is 0.454. The van der Waals surface area contributed by atoms with E-state index in [1.165, 1.54) is 17.1 Å². The molecule has 124 valence electrons. The number of nitrogens with one attached hydrogen (secondary N) is 1. The van der Waals surface area contributed by atoms with Crippen LogP contribution >= 0.6 is 0 Å². The number of aromatic nitrogens is 3. The fourth-order valence-corrected chi connectivity index (χ4v) is 2.58. The number of allylic oxidation sites excluding steroid dienone is 1. The van der Waals surface area contributed by atoms with Crippen molar-refractivity contribution in [3.05, 3.63) is 59.9 Å². The van der Waals surface area contributed by atoms with E-state index in [1.54, 1.807) is 25.1 Å². The molecule has 1 aliphatic carbocycles. The maximum Gasteiger partial charge on any atom is 0.291 e. The average Bonchev–Trinajstić information content (AvgIpc) is 3.03. The Morgan fingerprint density at radius 3 is 3.00 bits per heavy atom. The Morgan fingerprint density at radius 2 is 2.21 bits per heavy atom. The van der Waals surface area contributed by atoms with Gasteiger partial charge in [0, 0.05) is 11.5 Å². The number of amides is 1. The quantitative estimate of drug-likeness (QED) is 0.867. The monoisotopic (exact) mass is 328 g/mol. The topological polar surface area (TPSA) is 76.9 Å². The maximum absolute atomic E-state index is 13.6. The van der Waals surface area contributed by atoms with Gasteiger partial charge >= 0.3 is 0 Å². The number of hydrogen-bond acceptors (Lipinski definition) is 4. The highest BCUT2D eigenvalue weighted by atomic mass is 19.1. The highest BCUT2D eigenvalue weighted by Gasteiger charge is 2.27. The van der Waals surface area contributed by atoms with Crippen LogP contribution < -0.4 is 5.32 Å².